The standard InChI is InChI=1S/C11H10BrN3O2/c1-6-13-7(2)15(14-6)10-4-3-8(12)5-9(10)11(16)17/h3-5H,1-2H3,(H,16,17). The molecule has 1 heterocycles. The monoisotopic (exact) mass is 295 g/mol. The molecule has 0 aliphatic heterocycles. The van der Waals surface area contributed by atoms with Crippen LogP contribution in [-0.4, -0.2) is 25.8 Å². The molecule has 0 bridgehead atoms. The summed E-state index contributed by atoms with van der Waals surface area (Å²) in [5.74, 6) is 0.280. The number of aromatic carboxylic acids is 1. The third-order valence-electron chi connectivity index (χ3n) is 2.29. The number of hydrogen-bond donors (Lipinski definition) is 1. The van der Waals surface area contributed by atoms with Crippen molar-refractivity contribution in [1.29, 1.82) is 0 Å². The largest absolute Gasteiger partial charge is 0.478 e. The lowest BCUT2D eigenvalue weighted by Crippen LogP contribution is -2.08. The number of aromatic nitrogens is 3. The molecule has 0 saturated heterocycles. The summed E-state index contributed by atoms with van der Waals surface area (Å²) in [6.45, 7) is 3.55. The molecule has 1 aromatic carbocycles. The van der Waals surface area contributed by atoms with Gasteiger partial charge in [-0.1, -0.05) is 15.9 Å². The molecule has 0 aliphatic carbocycles. The van der Waals surface area contributed by atoms with E-state index in [0.717, 1.165) is 0 Å². The Morgan fingerprint density at radius 1 is 1.41 bits per heavy atom. The van der Waals surface area contributed by atoms with E-state index in [1.165, 1.54) is 4.68 Å². The van der Waals surface area contributed by atoms with Gasteiger partial charge < -0.3 is 5.11 Å². The van der Waals surface area contributed by atoms with Gasteiger partial charge in [0, 0.05) is 4.47 Å². The van der Waals surface area contributed by atoms with Crippen LogP contribution in [0.25, 0.3) is 5.69 Å². The van der Waals surface area contributed by atoms with E-state index in [1.807, 2.05) is 0 Å². The first-order chi connectivity index (χ1) is 7.99. The third-order valence-corrected chi connectivity index (χ3v) is 2.79. The number of nitrogens with zero attached hydrogens (tertiary/aromatic N) is 3. The van der Waals surface area contributed by atoms with Crippen LogP contribution in [-0.2, 0) is 0 Å². The van der Waals surface area contributed by atoms with E-state index in [0.29, 0.717) is 21.8 Å². The normalized spacial score (nSPS) is 10.5. The molecule has 17 heavy (non-hydrogen) atoms. The molecule has 2 rings (SSSR count). The highest BCUT2D eigenvalue weighted by Gasteiger charge is 2.15. The Kier molecular flexibility index (Phi) is 2.97. The van der Waals surface area contributed by atoms with Crippen LogP contribution in [0.2, 0.25) is 0 Å². The quantitative estimate of drug-likeness (QED) is 0.923. The molecule has 0 atom stereocenters. The van der Waals surface area contributed by atoms with Gasteiger partial charge in [-0.2, -0.15) is 5.10 Å². The van der Waals surface area contributed by atoms with E-state index >= 15 is 0 Å². The maximum Gasteiger partial charge on any atom is 0.337 e. The molecular formula is C11H10BrN3O2. The van der Waals surface area contributed by atoms with Crippen molar-refractivity contribution in [2.75, 3.05) is 0 Å². The highest BCUT2D eigenvalue weighted by molar-refractivity contribution is 9.10. The molecule has 6 heteroatoms. The first kappa shape index (κ1) is 11.8. The van der Waals surface area contributed by atoms with E-state index < -0.39 is 5.97 Å². The number of carbonyl (C=O) groups is 1. The minimum Gasteiger partial charge on any atom is -0.478 e. The maximum atomic E-state index is 11.2. The first-order valence-corrected chi connectivity index (χ1v) is 5.72. The molecule has 0 amide bonds. The number of carboxylic acids is 1. The van der Waals surface area contributed by atoms with Gasteiger partial charge in [0.15, 0.2) is 0 Å². The summed E-state index contributed by atoms with van der Waals surface area (Å²) in [5.41, 5.74) is 0.700. The molecule has 0 radical (unpaired) electrons. The van der Waals surface area contributed by atoms with Crippen molar-refractivity contribution in [2.24, 2.45) is 0 Å². The van der Waals surface area contributed by atoms with Crippen LogP contribution in [0.3, 0.4) is 0 Å². The molecule has 0 unspecified atom stereocenters. The zero-order chi connectivity index (χ0) is 12.6. The second-order valence-electron chi connectivity index (χ2n) is 3.58. The molecule has 0 spiro atoms. The topological polar surface area (TPSA) is 68.0 Å². The van der Waals surface area contributed by atoms with Gasteiger partial charge in [-0.05, 0) is 32.0 Å². The van der Waals surface area contributed by atoms with Crippen molar-refractivity contribution in [3.63, 3.8) is 0 Å². The number of carboxylic acid groups (broad SMARTS) is 1. The van der Waals surface area contributed by atoms with E-state index in [1.54, 1.807) is 32.0 Å². The molecule has 0 saturated carbocycles. The van der Waals surface area contributed by atoms with Gasteiger partial charge in [-0.3, -0.25) is 0 Å². The number of aryl methyl sites for hydroxylation is 2. The van der Waals surface area contributed by atoms with E-state index in [-0.39, 0.29) is 5.56 Å². The van der Waals surface area contributed by atoms with E-state index in [2.05, 4.69) is 26.0 Å². The molecule has 0 fully saturated rings. The summed E-state index contributed by atoms with van der Waals surface area (Å²) >= 11 is 3.25. The summed E-state index contributed by atoms with van der Waals surface area (Å²) < 4.78 is 2.25. The molecule has 2 aromatic rings. The van der Waals surface area contributed by atoms with Gasteiger partial charge in [0.2, 0.25) is 0 Å². The average molecular weight is 296 g/mol. The van der Waals surface area contributed by atoms with Crippen LogP contribution < -0.4 is 0 Å². The fourth-order valence-electron chi connectivity index (χ4n) is 1.61. The van der Waals surface area contributed by atoms with Crippen LogP contribution in [0.5, 0.6) is 0 Å². The highest BCUT2D eigenvalue weighted by Crippen LogP contribution is 2.20. The van der Waals surface area contributed by atoms with Crippen molar-refractivity contribution < 1.29 is 9.90 Å². The molecule has 1 N–H and O–H groups in total. The average Bonchev–Trinajstić information content (AvgIpc) is 2.57. The predicted molar refractivity (Wildman–Crippen MR) is 65.5 cm³/mol. The molecule has 88 valence electrons. The lowest BCUT2D eigenvalue weighted by molar-refractivity contribution is 0.0696. The summed E-state index contributed by atoms with van der Waals surface area (Å²) in [7, 11) is 0. The van der Waals surface area contributed by atoms with Crippen LogP contribution >= 0.6 is 15.9 Å². The summed E-state index contributed by atoms with van der Waals surface area (Å²) in [6.07, 6.45) is 0. The SMILES string of the molecule is Cc1nc(C)n(-c2ccc(Br)cc2C(=O)O)n1. The van der Waals surface area contributed by atoms with Gasteiger partial charge in [-0.15, -0.1) is 0 Å². The second-order valence-corrected chi connectivity index (χ2v) is 4.50. The number of hydrogen-bond acceptors (Lipinski definition) is 3. The van der Waals surface area contributed by atoms with Crippen molar-refractivity contribution >= 4 is 21.9 Å². The lowest BCUT2D eigenvalue weighted by Gasteiger charge is -2.07. The van der Waals surface area contributed by atoms with Crippen LogP contribution in [0.4, 0.5) is 0 Å². The zero-order valence-electron chi connectivity index (χ0n) is 9.31. The third kappa shape index (κ3) is 2.21. The Morgan fingerprint density at radius 3 is 2.65 bits per heavy atom. The van der Waals surface area contributed by atoms with Gasteiger partial charge in [0.25, 0.3) is 0 Å². The van der Waals surface area contributed by atoms with Gasteiger partial charge >= 0.3 is 5.97 Å². The first-order valence-electron chi connectivity index (χ1n) is 4.92. The highest BCUT2D eigenvalue weighted by atomic mass is 79.9. The smallest absolute Gasteiger partial charge is 0.337 e. The molecule has 5 nitrogen and oxygen atoms in total. The van der Waals surface area contributed by atoms with E-state index in [4.69, 9.17) is 5.11 Å². The van der Waals surface area contributed by atoms with Gasteiger partial charge in [0.1, 0.15) is 11.6 Å². The van der Waals surface area contributed by atoms with E-state index in [9.17, 15) is 4.79 Å². The lowest BCUT2D eigenvalue weighted by atomic mass is 10.2. The molecular weight excluding hydrogens is 286 g/mol. The zero-order valence-corrected chi connectivity index (χ0v) is 10.9. The van der Waals surface area contributed by atoms with Crippen molar-refractivity contribution in [3.05, 3.63) is 39.9 Å². The Balaban J connectivity index is 2.67. The predicted octanol–water partition coefficient (Wildman–Crippen LogP) is 2.34. The van der Waals surface area contributed by atoms with Crippen LogP contribution in [0.15, 0.2) is 22.7 Å². The fourth-order valence-corrected chi connectivity index (χ4v) is 1.97. The van der Waals surface area contributed by atoms with Gasteiger partial charge in [-0.25, -0.2) is 14.5 Å². The Hall–Kier alpha value is -1.69. The molecule has 1 aromatic heterocycles. The number of halogens is 1. The van der Waals surface area contributed by atoms with Gasteiger partial charge in [0.05, 0.1) is 11.3 Å². The Bertz CT molecular complexity index is 592. The van der Waals surface area contributed by atoms with Crippen LogP contribution in [0, 0.1) is 13.8 Å². The summed E-state index contributed by atoms with van der Waals surface area (Å²) in [4.78, 5) is 15.3. The minimum atomic E-state index is -0.992. The second kappa shape index (κ2) is 4.29. The number of rotatable bonds is 2. The minimum absolute atomic E-state index is 0.187. The summed E-state index contributed by atoms with van der Waals surface area (Å²) in [6, 6.07) is 5.03. The van der Waals surface area contributed by atoms with Crippen molar-refractivity contribution in [1.82, 2.24) is 14.8 Å². The Morgan fingerprint density at radius 2 is 2.12 bits per heavy atom. The number of benzene rings is 1. The Labute approximate surface area is 106 Å². The maximum absolute atomic E-state index is 11.2. The molecule has 0 aliphatic rings. The van der Waals surface area contributed by atoms with Crippen molar-refractivity contribution in [3.8, 4) is 5.69 Å². The van der Waals surface area contributed by atoms with Crippen molar-refractivity contribution in [2.45, 2.75) is 13.8 Å². The fraction of sp³-hybridized carbons (Fsp3) is 0.182. The summed E-state index contributed by atoms with van der Waals surface area (Å²) in [5, 5.41) is 13.3. The van der Waals surface area contributed by atoms with Crippen LogP contribution in [0.1, 0.15) is 22.0 Å².